The number of aromatic amines is 1. The maximum absolute atomic E-state index is 11.8. The van der Waals surface area contributed by atoms with E-state index < -0.39 is 11.1 Å². The highest BCUT2D eigenvalue weighted by Gasteiger charge is 2.11. The summed E-state index contributed by atoms with van der Waals surface area (Å²) in [6.07, 6.45) is 0. The molecule has 6 nitrogen and oxygen atoms in total. The van der Waals surface area contributed by atoms with Gasteiger partial charge < -0.3 is 19.6 Å². The van der Waals surface area contributed by atoms with Crippen LogP contribution < -0.4 is 21.2 Å². The van der Waals surface area contributed by atoms with Crippen molar-refractivity contribution in [2.45, 2.75) is 6.54 Å². The standard InChI is InChI=1S/C17H17N3O3/c1-20-15-13(19-16(21)17(20)22)8-12(9-14(15)23-2)18-10-11-6-4-3-5-7-11/h3-9,18H,10H2,1-2H3,(H,19,21). The van der Waals surface area contributed by atoms with Gasteiger partial charge in [-0.15, -0.1) is 0 Å². The zero-order chi connectivity index (χ0) is 16.4. The van der Waals surface area contributed by atoms with E-state index in [0.717, 1.165) is 11.3 Å². The monoisotopic (exact) mass is 311 g/mol. The molecule has 2 N–H and O–H groups in total. The number of aromatic nitrogens is 2. The first-order valence-electron chi connectivity index (χ1n) is 7.19. The highest BCUT2D eigenvalue weighted by Crippen LogP contribution is 2.27. The number of rotatable bonds is 4. The molecule has 0 atom stereocenters. The van der Waals surface area contributed by atoms with Gasteiger partial charge in [-0.25, -0.2) is 0 Å². The van der Waals surface area contributed by atoms with Gasteiger partial charge >= 0.3 is 11.1 Å². The average molecular weight is 311 g/mol. The number of anilines is 1. The van der Waals surface area contributed by atoms with E-state index in [4.69, 9.17) is 4.74 Å². The number of H-pyrrole nitrogens is 1. The second-order valence-electron chi connectivity index (χ2n) is 5.23. The van der Waals surface area contributed by atoms with Crippen molar-refractivity contribution in [3.63, 3.8) is 0 Å². The molecule has 0 amide bonds. The molecule has 2 aromatic carbocycles. The first-order valence-corrected chi connectivity index (χ1v) is 7.19. The van der Waals surface area contributed by atoms with Crippen LogP contribution in [0.15, 0.2) is 52.1 Å². The summed E-state index contributed by atoms with van der Waals surface area (Å²) in [5.74, 6) is 0.522. The molecule has 1 heterocycles. The topological polar surface area (TPSA) is 76.1 Å². The molecular weight excluding hydrogens is 294 g/mol. The number of ether oxygens (including phenoxy) is 1. The number of fused-ring (bicyclic) bond motifs is 1. The van der Waals surface area contributed by atoms with Crippen molar-refractivity contribution in [3.05, 3.63) is 68.7 Å². The van der Waals surface area contributed by atoms with Gasteiger partial charge in [-0.2, -0.15) is 0 Å². The quantitative estimate of drug-likeness (QED) is 0.721. The third kappa shape index (κ3) is 2.83. The summed E-state index contributed by atoms with van der Waals surface area (Å²) in [6, 6.07) is 13.6. The molecule has 0 aliphatic carbocycles. The number of hydrogen-bond donors (Lipinski definition) is 2. The van der Waals surface area contributed by atoms with Crippen LogP contribution in [-0.2, 0) is 13.6 Å². The van der Waals surface area contributed by atoms with Crippen molar-refractivity contribution in [3.8, 4) is 5.75 Å². The summed E-state index contributed by atoms with van der Waals surface area (Å²) >= 11 is 0. The van der Waals surface area contributed by atoms with Crippen molar-refractivity contribution in [1.82, 2.24) is 9.55 Å². The summed E-state index contributed by atoms with van der Waals surface area (Å²) in [5, 5.41) is 3.29. The summed E-state index contributed by atoms with van der Waals surface area (Å²) < 4.78 is 6.67. The first kappa shape index (κ1) is 14.9. The highest BCUT2D eigenvalue weighted by atomic mass is 16.5. The Kier molecular flexibility index (Phi) is 3.89. The maximum atomic E-state index is 11.8. The normalized spacial score (nSPS) is 10.7. The van der Waals surface area contributed by atoms with Gasteiger partial charge in [0.25, 0.3) is 0 Å². The second kappa shape index (κ2) is 6.00. The van der Waals surface area contributed by atoms with Crippen molar-refractivity contribution in [1.29, 1.82) is 0 Å². The molecule has 0 saturated heterocycles. The second-order valence-corrected chi connectivity index (χ2v) is 5.23. The number of nitrogens with one attached hydrogen (secondary N) is 2. The van der Waals surface area contributed by atoms with Crippen molar-refractivity contribution in [2.75, 3.05) is 12.4 Å². The highest BCUT2D eigenvalue weighted by molar-refractivity contribution is 5.85. The van der Waals surface area contributed by atoms with E-state index in [1.54, 1.807) is 13.1 Å². The molecule has 6 heteroatoms. The summed E-state index contributed by atoms with van der Waals surface area (Å²) in [7, 11) is 3.09. The molecule has 118 valence electrons. The number of hydrogen-bond acceptors (Lipinski definition) is 4. The fourth-order valence-electron chi connectivity index (χ4n) is 2.54. The molecule has 0 unspecified atom stereocenters. The third-order valence-corrected chi connectivity index (χ3v) is 3.72. The van der Waals surface area contributed by atoms with E-state index in [2.05, 4.69) is 10.3 Å². The molecule has 0 fully saturated rings. The molecule has 0 radical (unpaired) electrons. The van der Waals surface area contributed by atoms with Crippen molar-refractivity contribution < 1.29 is 4.74 Å². The van der Waals surface area contributed by atoms with Crippen LogP contribution in [0.4, 0.5) is 5.69 Å². The molecule has 23 heavy (non-hydrogen) atoms. The average Bonchev–Trinajstić information content (AvgIpc) is 2.58. The van der Waals surface area contributed by atoms with Crippen LogP contribution in [0.1, 0.15) is 5.56 Å². The lowest BCUT2D eigenvalue weighted by molar-refractivity contribution is 0.417. The first-order chi connectivity index (χ1) is 11.1. The maximum Gasteiger partial charge on any atom is 0.316 e. The Morgan fingerprint density at radius 3 is 2.61 bits per heavy atom. The smallest absolute Gasteiger partial charge is 0.316 e. The van der Waals surface area contributed by atoms with Crippen LogP contribution in [-0.4, -0.2) is 16.7 Å². The lowest BCUT2D eigenvalue weighted by Crippen LogP contribution is -2.34. The van der Waals surface area contributed by atoms with Gasteiger partial charge in [0.05, 0.1) is 12.6 Å². The third-order valence-electron chi connectivity index (χ3n) is 3.72. The molecule has 0 aliphatic rings. The molecule has 3 aromatic rings. The van der Waals surface area contributed by atoms with E-state index >= 15 is 0 Å². The predicted octanol–water partition coefficient (Wildman–Crippen LogP) is 1.85. The minimum atomic E-state index is -0.651. The fraction of sp³-hybridized carbons (Fsp3) is 0.176. The zero-order valence-electron chi connectivity index (χ0n) is 12.9. The van der Waals surface area contributed by atoms with Crippen LogP contribution in [0, 0.1) is 0 Å². The Morgan fingerprint density at radius 1 is 1.17 bits per heavy atom. The van der Waals surface area contributed by atoms with Crippen LogP contribution in [0.25, 0.3) is 11.0 Å². The SMILES string of the molecule is COc1cc(NCc2ccccc2)cc2[nH]c(=O)c(=O)n(C)c12. The van der Waals surface area contributed by atoms with Gasteiger partial charge in [0.15, 0.2) is 0 Å². The lowest BCUT2D eigenvalue weighted by Gasteiger charge is -2.13. The number of methoxy groups -OCH3 is 1. The molecule has 0 bridgehead atoms. The van der Waals surface area contributed by atoms with E-state index in [9.17, 15) is 9.59 Å². The Morgan fingerprint density at radius 2 is 1.91 bits per heavy atom. The van der Waals surface area contributed by atoms with Gasteiger partial charge in [0.1, 0.15) is 11.3 Å². The fourth-order valence-corrected chi connectivity index (χ4v) is 2.54. The molecule has 1 aromatic heterocycles. The Labute approximate surface area is 132 Å². The zero-order valence-corrected chi connectivity index (χ0v) is 12.9. The van der Waals surface area contributed by atoms with Crippen LogP contribution in [0.2, 0.25) is 0 Å². The van der Waals surface area contributed by atoms with Gasteiger partial charge in [-0.05, 0) is 11.6 Å². The summed E-state index contributed by atoms with van der Waals surface area (Å²) in [5.41, 5.74) is 1.78. The molecule has 0 spiro atoms. The predicted molar refractivity (Wildman–Crippen MR) is 90.1 cm³/mol. The van der Waals surface area contributed by atoms with E-state index in [-0.39, 0.29) is 0 Å². The molecular formula is C17H17N3O3. The van der Waals surface area contributed by atoms with E-state index in [0.29, 0.717) is 23.3 Å². The number of nitrogens with zero attached hydrogens (tertiary/aromatic N) is 1. The molecule has 0 aliphatic heterocycles. The Balaban J connectivity index is 2.04. The Hall–Kier alpha value is -3.02. The lowest BCUT2D eigenvalue weighted by atomic mass is 10.2. The van der Waals surface area contributed by atoms with Crippen LogP contribution in [0.3, 0.4) is 0 Å². The molecule has 3 rings (SSSR count). The molecule has 0 saturated carbocycles. The Bertz CT molecular complexity index is 958. The van der Waals surface area contributed by atoms with Gasteiger partial charge in [0.2, 0.25) is 0 Å². The van der Waals surface area contributed by atoms with E-state index in [1.807, 2.05) is 36.4 Å². The van der Waals surface area contributed by atoms with E-state index in [1.165, 1.54) is 11.7 Å². The van der Waals surface area contributed by atoms with Gasteiger partial charge in [-0.3, -0.25) is 9.59 Å². The van der Waals surface area contributed by atoms with Crippen molar-refractivity contribution in [2.24, 2.45) is 7.05 Å². The summed E-state index contributed by atoms with van der Waals surface area (Å²) in [4.78, 5) is 26.1. The van der Waals surface area contributed by atoms with Gasteiger partial charge in [0, 0.05) is 25.3 Å². The largest absolute Gasteiger partial charge is 0.494 e. The van der Waals surface area contributed by atoms with Crippen molar-refractivity contribution >= 4 is 16.7 Å². The minimum Gasteiger partial charge on any atom is -0.494 e. The van der Waals surface area contributed by atoms with Crippen LogP contribution in [0.5, 0.6) is 5.75 Å². The number of aryl methyl sites for hydroxylation is 1. The minimum absolute atomic E-state index is 0.522. The van der Waals surface area contributed by atoms with Gasteiger partial charge in [-0.1, -0.05) is 30.3 Å². The number of benzene rings is 2. The van der Waals surface area contributed by atoms with Crippen LogP contribution >= 0.6 is 0 Å². The summed E-state index contributed by atoms with van der Waals surface area (Å²) in [6.45, 7) is 0.644.